The number of ether oxygens (including phenoxy) is 1. The summed E-state index contributed by atoms with van der Waals surface area (Å²) in [5.74, 6) is 0.599. The molecule has 4 rings (SSSR count). The average Bonchev–Trinajstić information content (AvgIpc) is 2.90. The Balaban J connectivity index is 1.60. The molecule has 0 aromatic heterocycles. The van der Waals surface area contributed by atoms with Gasteiger partial charge in [-0.05, 0) is 91.7 Å². The van der Waals surface area contributed by atoms with Gasteiger partial charge >= 0.3 is 0 Å². The molecule has 36 heavy (non-hydrogen) atoms. The van der Waals surface area contributed by atoms with E-state index in [0.717, 1.165) is 39.9 Å². The molecule has 4 heteroatoms. The molecule has 0 saturated heterocycles. The Morgan fingerprint density at radius 3 is 1.94 bits per heavy atom. The lowest BCUT2D eigenvalue weighted by Crippen LogP contribution is -2.27. The van der Waals surface area contributed by atoms with Crippen LogP contribution in [0.4, 0.5) is 0 Å². The second-order valence-corrected chi connectivity index (χ2v) is 9.40. The Morgan fingerprint density at radius 2 is 1.39 bits per heavy atom. The van der Waals surface area contributed by atoms with Crippen LogP contribution in [0.15, 0.2) is 97.1 Å². The first-order valence-electron chi connectivity index (χ1n) is 12.4. The number of hydrogen-bond acceptors (Lipinski definition) is 3. The van der Waals surface area contributed by atoms with Gasteiger partial charge in [0.2, 0.25) is 0 Å². The molecule has 0 aliphatic rings. The fourth-order valence-electron chi connectivity index (χ4n) is 4.14. The van der Waals surface area contributed by atoms with Crippen molar-refractivity contribution < 1.29 is 9.53 Å². The lowest BCUT2D eigenvalue weighted by Gasteiger charge is -2.19. The summed E-state index contributed by atoms with van der Waals surface area (Å²) >= 11 is 0. The molecule has 4 aromatic carbocycles. The van der Waals surface area contributed by atoms with Crippen molar-refractivity contribution in [3.63, 3.8) is 0 Å². The van der Waals surface area contributed by atoms with Crippen molar-refractivity contribution in [3.05, 3.63) is 114 Å². The number of nitrogens with zero attached hydrogens (tertiary/aromatic N) is 1. The number of carbonyl (C=O) groups excluding carboxylic acids is 1. The SMILES string of the molecule is Cc1ccc(OCCN(C)C)cc1C(=O)N[C@H](C)c1cc(-c2ccccc2)cc(-c2ccccc2)c1. The minimum Gasteiger partial charge on any atom is -0.492 e. The minimum absolute atomic E-state index is 0.107. The summed E-state index contributed by atoms with van der Waals surface area (Å²) in [5.41, 5.74) is 7.15. The van der Waals surface area contributed by atoms with Crippen molar-refractivity contribution in [3.8, 4) is 28.0 Å². The van der Waals surface area contributed by atoms with E-state index in [4.69, 9.17) is 4.74 Å². The van der Waals surface area contributed by atoms with Crippen molar-refractivity contribution in [2.45, 2.75) is 19.9 Å². The van der Waals surface area contributed by atoms with Gasteiger partial charge in [0.1, 0.15) is 12.4 Å². The summed E-state index contributed by atoms with van der Waals surface area (Å²) in [6, 6.07) is 32.7. The molecule has 0 unspecified atom stereocenters. The quantitative estimate of drug-likeness (QED) is 0.289. The Kier molecular flexibility index (Phi) is 8.19. The lowest BCUT2D eigenvalue weighted by atomic mass is 9.93. The van der Waals surface area contributed by atoms with Crippen LogP contribution in [0.2, 0.25) is 0 Å². The first kappa shape index (κ1) is 25.2. The third kappa shape index (κ3) is 6.41. The van der Waals surface area contributed by atoms with Crippen LogP contribution in [0.1, 0.15) is 34.5 Å². The van der Waals surface area contributed by atoms with E-state index in [1.807, 2.05) is 82.5 Å². The number of rotatable bonds is 9. The molecule has 0 aliphatic heterocycles. The predicted octanol–water partition coefficient (Wildman–Crippen LogP) is 6.76. The number of hydrogen-bond donors (Lipinski definition) is 1. The van der Waals surface area contributed by atoms with Crippen LogP contribution >= 0.6 is 0 Å². The van der Waals surface area contributed by atoms with E-state index >= 15 is 0 Å². The van der Waals surface area contributed by atoms with Gasteiger partial charge in [0, 0.05) is 12.1 Å². The van der Waals surface area contributed by atoms with Crippen molar-refractivity contribution in [2.24, 2.45) is 0 Å². The molecule has 0 saturated carbocycles. The molecule has 1 N–H and O–H groups in total. The van der Waals surface area contributed by atoms with Crippen LogP contribution < -0.4 is 10.1 Å². The highest BCUT2D eigenvalue weighted by molar-refractivity contribution is 5.96. The van der Waals surface area contributed by atoms with Gasteiger partial charge in [0.15, 0.2) is 0 Å². The summed E-state index contributed by atoms with van der Waals surface area (Å²) in [6.45, 7) is 5.37. The normalized spacial score (nSPS) is 11.8. The zero-order valence-electron chi connectivity index (χ0n) is 21.5. The fraction of sp³-hybridized carbons (Fsp3) is 0.219. The highest BCUT2D eigenvalue weighted by Crippen LogP contribution is 2.31. The maximum atomic E-state index is 13.3. The third-order valence-electron chi connectivity index (χ3n) is 6.28. The molecule has 0 radical (unpaired) electrons. The van der Waals surface area contributed by atoms with Gasteiger partial charge in [-0.15, -0.1) is 0 Å². The van der Waals surface area contributed by atoms with Crippen LogP contribution in [-0.4, -0.2) is 38.1 Å². The van der Waals surface area contributed by atoms with Gasteiger partial charge in [-0.3, -0.25) is 4.79 Å². The second kappa shape index (κ2) is 11.7. The van der Waals surface area contributed by atoms with Crippen LogP contribution in [0.3, 0.4) is 0 Å². The van der Waals surface area contributed by atoms with E-state index in [0.29, 0.717) is 17.9 Å². The second-order valence-electron chi connectivity index (χ2n) is 9.40. The number of likely N-dealkylation sites (N-methyl/N-ethyl adjacent to an activating group) is 1. The third-order valence-corrected chi connectivity index (χ3v) is 6.28. The molecule has 0 heterocycles. The predicted molar refractivity (Wildman–Crippen MR) is 148 cm³/mol. The highest BCUT2D eigenvalue weighted by Gasteiger charge is 2.16. The Morgan fingerprint density at radius 1 is 0.806 bits per heavy atom. The van der Waals surface area contributed by atoms with Gasteiger partial charge < -0.3 is 15.0 Å². The van der Waals surface area contributed by atoms with Gasteiger partial charge in [-0.1, -0.05) is 66.7 Å². The number of carbonyl (C=O) groups is 1. The summed E-state index contributed by atoms with van der Waals surface area (Å²) in [5, 5.41) is 3.21. The van der Waals surface area contributed by atoms with E-state index in [9.17, 15) is 4.79 Å². The average molecular weight is 479 g/mol. The molecule has 1 amide bonds. The van der Waals surface area contributed by atoms with Crippen molar-refractivity contribution in [1.82, 2.24) is 10.2 Å². The molecule has 0 spiro atoms. The molecule has 0 aliphatic carbocycles. The Hall–Kier alpha value is -3.89. The number of aryl methyl sites for hydroxylation is 1. The van der Waals surface area contributed by atoms with E-state index in [-0.39, 0.29) is 11.9 Å². The van der Waals surface area contributed by atoms with E-state index < -0.39 is 0 Å². The molecule has 0 bridgehead atoms. The van der Waals surface area contributed by atoms with Gasteiger partial charge in [-0.25, -0.2) is 0 Å². The van der Waals surface area contributed by atoms with Crippen molar-refractivity contribution >= 4 is 5.91 Å². The zero-order chi connectivity index (χ0) is 25.5. The fourth-order valence-corrected chi connectivity index (χ4v) is 4.14. The molecular formula is C32H34N2O2. The summed E-state index contributed by atoms with van der Waals surface area (Å²) in [7, 11) is 4.02. The highest BCUT2D eigenvalue weighted by atomic mass is 16.5. The van der Waals surface area contributed by atoms with Crippen LogP contribution in [0.25, 0.3) is 22.3 Å². The Labute approximate surface area is 214 Å². The number of benzene rings is 4. The van der Waals surface area contributed by atoms with E-state index in [1.54, 1.807) is 0 Å². The monoisotopic (exact) mass is 478 g/mol. The first-order valence-corrected chi connectivity index (χ1v) is 12.4. The van der Waals surface area contributed by atoms with Gasteiger partial charge in [0.05, 0.1) is 6.04 Å². The largest absolute Gasteiger partial charge is 0.492 e. The molecular weight excluding hydrogens is 444 g/mol. The summed E-state index contributed by atoms with van der Waals surface area (Å²) < 4.78 is 5.86. The number of nitrogens with one attached hydrogen (secondary N) is 1. The lowest BCUT2D eigenvalue weighted by molar-refractivity contribution is 0.0938. The van der Waals surface area contributed by atoms with Gasteiger partial charge in [-0.2, -0.15) is 0 Å². The standard InChI is InChI=1S/C32H34N2O2/c1-23-15-16-30(36-18-17-34(3)4)22-31(23)32(35)33-24(2)27-19-28(25-11-7-5-8-12-25)21-29(20-27)26-13-9-6-10-14-26/h5-16,19-22,24H,17-18H2,1-4H3,(H,33,35)/t24-/m1/s1. The molecule has 4 aromatic rings. The molecule has 184 valence electrons. The topological polar surface area (TPSA) is 41.6 Å². The van der Waals surface area contributed by atoms with Crippen LogP contribution in [-0.2, 0) is 0 Å². The van der Waals surface area contributed by atoms with Crippen LogP contribution in [0.5, 0.6) is 5.75 Å². The maximum absolute atomic E-state index is 13.3. The Bertz CT molecular complexity index is 1240. The maximum Gasteiger partial charge on any atom is 0.252 e. The minimum atomic E-state index is -0.179. The smallest absolute Gasteiger partial charge is 0.252 e. The number of amides is 1. The van der Waals surface area contributed by atoms with E-state index in [2.05, 4.69) is 52.7 Å². The molecule has 0 fully saturated rings. The summed E-state index contributed by atoms with van der Waals surface area (Å²) in [6.07, 6.45) is 0. The molecule has 1 atom stereocenters. The van der Waals surface area contributed by atoms with Gasteiger partial charge in [0.25, 0.3) is 5.91 Å². The molecule has 4 nitrogen and oxygen atoms in total. The van der Waals surface area contributed by atoms with Crippen molar-refractivity contribution in [1.29, 1.82) is 0 Å². The van der Waals surface area contributed by atoms with E-state index in [1.165, 1.54) is 0 Å². The zero-order valence-corrected chi connectivity index (χ0v) is 21.5. The summed E-state index contributed by atoms with van der Waals surface area (Å²) in [4.78, 5) is 15.4. The van der Waals surface area contributed by atoms with Crippen LogP contribution in [0, 0.1) is 6.92 Å². The first-order chi connectivity index (χ1) is 17.4. The van der Waals surface area contributed by atoms with Crippen molar-refractivity contribution in [2.75, 3.05) is 27.2 Å².